The van der Waals surface area contributed by atoms with Crippen molar-refractivity contribution in [1.82, 2.24) is 15.2 Å². The molecule has 1 aromatic carbocycles. The second-order valence-electron chi connectivity index (χ2n) is 7.43. The number of nitrogens with one attached hydrogen (secondary N) is 1. The zero-order chi connectivity index (χ0) is 23.3. The van der Waals surface area contributed by atoms with Gasteiger partial charge in [0, 0.05) is 19.1 Å². The number of likely N-dealkylation sites (tertiary alicyclic amines) is 1. The van der Waals surface area contributed by atoms with Gasteiger partial charge in [-0.15, -0.1) is 0 Å². The Labute approximate surface area is 185 Å². The van der Waals surface area contributed by atoms with Crippen LogP contribution in [0.3, 0.4) is 0 Å². The number of carbonyl (C=O) groups is 1. The molecule has 1 atom stereocenters. The SMILES string of the molecule is C=C/C(NC(=O)c1ccc(F)c(-c2c(F)cccc2F)n1)=C(\C=C/C)N1CCC[C@H](N)C1. The molecule has 1 aliphatic rings. The molecule has 1 aromatic heterocycles. The molecule has 0 radical (unpaired) electrons. The minimum Gasteiger partial charge on any atom is -0.368 e. The first-order chi connectivity index (χ1) is 15.3. The highest BCUT2D eigenvalue weighted by atomic mass is 19.1. The lowest BCUT2D eigenvalue weighted by atomic mass is 10.1. The normalized spacial score (nSPS) is 17.3. The molecule has 0 unspecified atom stereocenters. The average Bonchev–Trinajstić information content (AvgIpc) is 2.77. The molecule has 2 heterocycles. The van der Waals surface area contributed by atoms with Crippen LogP contribution in [0.15, 0.2) is 66.5 Å². The zero-order valence-corrected chi connectivity index (χ0v) is 17.7. The summed E-state index contributed by atoms with van der Waals surface area (Å²) in [5.74, 6) is -3.56. The lowest BCUT2D eigenvalue weighted by Gasteiger charge is -2.34. The van der Waals surface area contributed by atoms with Gasteiger partial charge in [0.05, 0.1) is 17.0 Å². The molecule has 0 bridgehead atoms. The second-order valence-corrected chi connectivity index (χ2v) is 7.43. The number of nitrogens with zero attached hydrogens (tertiary/aromatic N) is 2. The monoisotopic (exact) mass is 442 g/mol. The first kappa shape index (κ1) is 23.3. The molecule has 1 amide bonds. The predicted octanol–water partition coefficient (Wildman–Crippen LogP) is 4.29. The number of carbonyl (C=O) groups excluding carboxylic acids is 1. The van der Waals surface area contributed by atoms with E-state index in [0.717, 1.165) is 49.3 Å². The van der Waals surface area contributed by atoms with E-state index in [-0.39, 0.29) is 11.7 Å². The molecule has 32 heavy (non-hydrogen) atoms. The molecular weight excluding hydrogens is 417 g/mol. The van der Waals surface area contributed by atoms with Gasteiger partial charge in [0.25, 0.3) is 5.91 Å². The summed E-state index contributed by atoms with van der Waals surface area (Å²) in [6.07, 6.45) is 7.00. The van der Waals surface area contributed by atoms with Gasteiger partial charge in [-0.25, -0.2) is 18.2 Å². The van der Waals surface area contributed by atoms with Gasteiger partial charge < -0.3 is 16.0 Å². The van der Waals surface area contributed by atoms with E-state index < -0.39 is 34.6 Å². The zero-order valence-electron chi connectivity index (χ0n) is 17.7. The molecule has 1 saturated heterocycles. The summed E-state index contributed by atoms with van der Waals surface area (Å²) in [4.78, 5) is 18.9. The number of nitrogens with two attached hydrogens (primary N) is 1. The number of hydrogen-bond acceptors (Lipinski definition) is 4. The molecule has 5 nitrogen and oxygen atoms in total. The van der Waals surface area contributed by atoms with Gasteiger partial charge in [-0.05, 0) is 56.2 Å². The summed E-state index contributed by atoms with van der Waals surface area (Å²) in [6, 6.07) is 5.29. The van der Waals surface area contributed by atoms with Crippen LogP contribution in [0.5, 0.6) is 0 Å². The Morgan fingerprint density at radius 3 is 2.56 bits per heavy atom. The third-order valence-electron chi connectivity index (χ3n) is 5.13. The van der Waals surface area contributed by atoms with E-state index in [2.05, 4.69) is 21.8 Å². The fraction of sp³-hybridized carbons (Fsp3) is 0.250. The molecular formula is C24H25F3N4O. The van der Waals surface area contributed by atoms with E-state index in [9.17, 15) is 18.0 Å². The van der Waals surface area contributed by atoms with Crippen LogP contribution in [-0.2, 0) is 0 Å². The lowest BCUT2D eigenvalue weighted by molar-refractivity contribution is 0.0960. The van der Waals surface area contributed by atoms with E-state index in [1.54, 1.807) is 0 Å². The molecule has 2 aromatic rings. The van der Waals surface area contributed by atoms with Crippen LogP contribution >= 0.6 is 0 Å². The van der Waals surface area contributed by atoms with Crippen LogP contribution in [0.1, 0.15) is 30.3 Å². The maximum absolute atomic E-state index is 14.3. The van der Waals surface area contributed by atoms with Crippen LogP contribution in [0.25, 0.3) is 11.3 Å². The Kier molecular flexibility index (Phi) is 7.48. The fourth-order valence-electron chi connectivity index (χ4n) is 3.63. The van der Waals surface area contributed by atoms with Crippen molar-refractivity contribution in [3.8, 4) is 11.3 Å². The van der Waals surface area contributed by atoms with Crippen LogP contribution in [0.2, 0.25) is 0 Å². The predicted molar refractivity (Wildman–Crippen MR) is 118 cm³/mol. The molecule has 168 valence electrons. The van der Waals surface area contributed by atoms with Crippen molar-refractivity contribution in [2.75, 3.05) is 13.1 Å². The highest BCUT2D eigenvalue weighted by Gasteiger charge is 2.22. The van der Waals surface area contributed by atoms with Crippen molar-refractivity contribution in [3.63, 3.8) is 0 Å². The minimum absolute atomic E-state index is 0.0164. The Hall–Kier alpha value is -3.39. The van der Waals surface area contributed by atoms with Crippen molar-refractivity contribution >= 4 is 5.91 Å². The second kappa shape index (κ2) is 10.3. The number of amides is 1. The Morgan fingerprint density at radius 2 is 1.94 bits per heavy atom. The molecule has 1 aliphatic heterocycles. The van der Waals surface area contributed by atoms with Gasteiger partial charge in [0.15, 0.2) is 0 Å². The van der Waals surface area contributed by atoms with Gasteiger partial charge in [-0.1, -0.05) is 18.7 Å². The van der Waals surface area contributed by atoms with Gasteiger partial charge in [0.1, 0.15) is 28.8 Å². The standard InChI is InChI=1S/C24H25F3N4O/c1-3-7-21(31-13-6-8-15(28)14-31)19(4-2)30-24(32)20-12-11-18(27)23(29-20)22-16(25)9-5-10-17(22)26/h3-5,7,9-12,15H,2,6,8,13-14,28H2,1H3,(H,30,32)/b7-3-,21-19-/t15-/m0/s1. The highest BCUT2D eigenvalue weighted by Crippen LogP contribution is 2.27. The third kappa shape index (κ3) is 5.08. The van der Waals surface area contributed by atoms with E-state index in [1.165, 1.54) is 12.1 Å². The van der Waals surface area contributed by atoms with Gasteiger partial charge in [0.2, 0.25) is 0 Å². The average molecular weight is 442 g/mol. The quantitative estimate of drug-likeness (QED) is 0.655. The number of benzene rings is 1. The Morgan fingerprint density at radius 1 is 1.22 bits per heavy atom. The summed E-state index contributed by atoms with van der Waals surface area (Å²) in [5, 5.41) is 2.72. The van der Waals surface area contributed by atoms with Crippen LogP contribution in [-0.4, -0.2) is 34.9 Å². The number of pyridine rings is 1. The first-order valence-electron chi connectivity index (χ1n) is 10.3. The lowest BCUT2D eigenvalue weighted by Crippen LogP contribution is -2.43. The van der Waals surface area contributed by atoms with Crippen LogP contribution in [0.4, 0.5) is 13.2 Å². The summed E-state index contributed by atoms with van der Waals surface area (Å²) >= 11 is 0. The van der Waals surface area contributed by atoms with E-state index in [1.807, 2.05) is 19.1 Å². The van der Waals surface area contributed by atoms with Crippen molar-refractivity contribution < 1.29 is 18.0 Å². The Balaban J connectivity index is 1.96. The van der Waals surface area contributed by atoms with Crippen LogP contribution in [0, 0.1) is 17.5 Å². The molecule has 0 spiro atoms. The number of halogens is 3. The maximum Gasteiger partial charge on any atom is 0.274 e. The van der Waals surface area contributed by atoms with Gasteiger partial charge in [-0.3, -0.25) is 4.79 Å². The molecule has 3 N–H and O–H groups in total. The maximum atomic E-state index is 14.3. The van der Waals surface area contributed by atoms with Gasteiger partial charge in [-0.2, -0.15) is 0 Å². The molecule has 0 aliphatic carbocycles. The van der Waals surface area contributed by atoms with E-state index in [4.69, 9.17) is 5.73 Å². The molecule has 1 fully saturated rings. The summed E-state index contributed by atoms with van der Waals surface area (Å²) in [7, 11) is 0. The van der Waals surface area contributed by atoms with Gasteiger partial charge >= 0.3 is 0 Å². The topological polar surface area (TPSA) is 71.2 Å². The van der Waals surface area contributed by atoms with E-state index in [0.29, 0.717) is 12.2 Å². The Bertz CT molecular complexity index is 1060. The summed E-state index contributed by atoms with van der Waals surface area (Å²) < 4.78 is 42.6. The number of piperidine rings is 1. The smallest absolute Gasteiger partial charge is 0.274 e. The largest absolute Gasteiger partial charge is 0.368 e. The van der Waals surface area contributed by atoms with Crippen molar-refractivity contribution in [3.05, 3.63) is 89.7 Å². The number of hydrogen-bond donors (Lipinski definition) is 2. The van der Waals surface area contributed by atoms with Crippen molar-refractivity contribution in [1.29, 1.82) is 0 Å². The molecule has 8 heteroatoms. The highest BCUT2D eigenvalue weighted by molar-refractivity contribution is 5.94. The number of allylic oxidation sites excluding steroid dienone is 3. The molecule has 0 saturated carbocycles. The minimum atomic E-state index is -0.975. The van der Waals surface area contributed by atoms with Crippen molar-refractivity contribution in [2.45, 2.75) is 25.8 Å². The van der Waals surface area contributed by atoms with Crippen molar-refractivity contribution in [2.24, 2.45) is 5.73 Å². The summed E-state index contributed by atoms with van der Waals surface area (Å²) in [5.41, 5.74) is 5.85. The fourth-order valence-corrected chi connectivity index (χ4v) is 3.63. The summed E-state index contributed by atoms with van der Waals surface area (Å²) in [6.45, 7) is 7.03. The number of aromatic nitrogens is 1. The van der Waals surface area contributed by atoms with Crippen LogP contribution < -0.4 is 11.1 Å². The number of rotatable bonds is 6. The van der Waals surface area contributed by atoms with E-state index >= 15 is 0 Å². The molecule has 3 rings (SSSR count). The first-order valence-corrected chi connectivity index (χ1v) is 10.3. The third-order valence-corrected chi connectivity index (χ3v) is 5.13.